The van der Waals surface area contributed by atoms with E-state index in [2.05, 4.69) is 36.5 Å². The van der Waals surface area contributed by atoms with Crippen molar-refractivity contribution in [3.63, 3.8) is 0 Å². The first-order valence-corrected chi connectivity index (χ1v) is 5.75. The van der Waals surface area contributed by atoms with Gasteiger partial charge >= 0.3 is 0 Å². The molecule has 0 aliphatic carbocycles. The Hall–Kier alpha value is -0.900. The van der Waals surface area contributed by atoms with Crippen LogP contribution in [0.4, 0.5) is 0 Å². The fraction of sp³-hybridized carbons (Fsp3) is 0.538. The van der Waals surface area contributed by atoms with Crippen LogP contribution in [0.25, 0.3) is 0 Å². The highest BCUT2D eigenvalue weighted by molar-refractivity contribution is 5.23. The molecule has 2 N–H and O–H groups in total. The number of morpholine rings is 1. The van der Waals surface area contributed by atoms with Crippen molar-refractivity contribution in [3.8, 4) is 0 Å². The maximum absolute atomic E-state index is 9.49. The van der Waals surface area contributed by atoms with Crippen molar-refractivity contribution in [1.82, 2.24) is 5.32 Å². The van der Waals surface area contributed by atoms with E-state index < -0.39 is 5.60 Å². The number of hydrogen-bond acceptors (Lipinski definition) is 3. The monoisotopic (exact) mass is 221 g/mol. The number of aliphatic hydroxyl groups is 1. The van der Waals surface area contributed by atoms with E-state index in [4.69, 9.17) is 4.74 Å². The van der Waals surface area contributed by atoms with E-state index in [0.717, 1.165) is 19.5 Å². The van der Waals surface area contributed by atoms with Crippen LogP contribution in [0, 0.1) is 6.92 Å². The molecule has 2 rings (SSSR count). The molecule has 0 spiro atoms. The molecule has 0 radical (unpaired) electrons. The predicted octanol–water partition coefficient (Wildman–Crippen LogP) is 0.888. The Balaban J connectivity index is 2.08. The molecule has 0 saturated carbocycles. The molecule has 1 heterocycles. The van der Waals surface area contributed by atoms with Crippen molar-refractivity contribution in [3.05, 3.63) is 35.4 Å². The zero-order valence-corrected chi connectivity index (χ0v) is 9.70. The molecular weight excluding hydrogens is 202 g/mol. The summed E-state index contributed by atoms with van der Waals surface area (Å²) in [5, 5.41) is 12.8. The van der Waals surface area contributed by atoms with Crippen molar-refractivity contribution in [1.29, 1.82) is 0 Å². The molecule has 1 saturated heterocycles. The van der Waals surface area contributed by atoms with Gasteiger partial charge in [0, 0.05) is 19.5 Å². The summed E-state index contributed by atoms with van der Waals surface area (Å²) in [4.78, 5) is 0. The minimum absolute atomic E-state index is 0.0634. The van der Waals surface area contributed by atoms with Crippen LogP contribution in [0.3, 0.4) is 0 Å². The number of aliphatic hydroxyl groups excluding tert-OH is 1. The molecule has 1 aromatic rings. The summed E-state index contributed by atoms with van der Waals surface area (Å²) in [7, 11) is 0. The molecule has 16 heavy (non-hydrogen) atoms. The van der Waals surface area contributed by atoms with Gasteiger partial charge in [-0.15, -0.1) is 0 Å². The zero-order chi connectivity index (χ0) is 11.4. The Morgan fingerprint density at radius 1 is 1.38 bits per heavy atom. The molecule has 1 aliphatic rings. The van der Waals surface area contributed by atoms with Crippen molar-refractivity contribution < 1.29 is 9.84 Å². The summed E-state index contributed by atoms with van der Waals surface area (Å²) in [5.41, 5.74) is 2.03. The SMILES string of the molecule is Cc1ccc(C[C@@]2(CO)CNCCO2)cc1. The molecular formula is C13H19NO2. The van der Waals surface area contributed by atoms with Crippen LogP contribution in [-0.2, 0) is 11.2 Å². The molecule has 1 fully saturated rings. The van der Waals surface area contributed by atoms with Crippen LogP contribution in [0.2, 0.25) is 0 Å². The van der Waals surface area contributed by atoms with E-state index in [-0.39, 0.29) is 6.61 Å². The molecule has 0 bridgehead atoms. The summed E-state index contributed by atoms with van der Waals surface area (Å²) in [6, 6.07) is 8.39. The number of rotatable bonds is 3. The van der Waals surface area contributed by atoms with Crippen LogP contribution in [-0.4, -0.2) is 37.0 Å². The van der Waals surface area contributed by atoms with Gasteiger partial charge in [-0.3, -0.25) is 0 Å². The van der Waals surface area contributed by atoms with Gasteiger partial charge in [0.25, 0.3) is 0 Å². The highest BCUT2D eigenvalue weighted by atomic mass is 16.5. The molecule has 1 aliphatic heterocycles. The molecule has 0 aromatic heterocycles. The number of nitrogens with one attached hydrogen (secondary N) is 1. The zero-order valence-electron chi connectivity index (χ0n) is 9.70. The van der Waals surface area contributed by atoms with Gasteiger partial charge < -0.3 is 15.2 Å². The van der Waals surface area contributed by atoms with E-state index in [9.17, 15) is 5.11 Å². The third-order valence-corrected chi connectivity index (χ3v) is 3.07. The Morgan fingerprint density at radius 2 is 2.12 bits per heavy atom. The normalized spacial score (nSPS) is 25.6. The topological polar surface area (TPSA) is 41.5 Å². The molecule has 1 atom stereocenters. The number of benzene rings is 1. The lowest BCUT2D eigenvalue weighted by Gasteiger charge is -2.36. The van der Waals surface area contributed by atoms with Gasteiger partial charge in [0.15, 0.2) is 0 Å². The Morgan fingerprint density at radius 3 is 2.69 bits per heavy atom. The van der Waals surface area contributed by atoms with Crippen molar-refractivity contribution >= 4 is 0 Å². The van der Waals surface area contributed by atoms with Gasteiger partial charge in [-0.2, -0.15) is 0 Å². The van der Waals surface area contributed by atoms with Gasteiger partial charge in [-0.05, 0) is 12.5 Å². The van der Waals surface area contributed by atoms with Crippen LogP contribution in [0.5, 0.6) is 0 Å². The van der Waals surface area contributed by atoms with Crippen molar-refractivity contribution in [2.45, 2.75) is 18.9 Å². The smallest absolute Gasteiger partial charge is 0.108 e. The average Bonchev–Trinajstić information content (AvgIpc) is 2.33. The third kappa shape index (κ3) is 2.61. The highest BCUT2D eigenvalue weighted by Gasteiger charge is 2.32. The predicted molar refractivity (Wildman–Crippen MR) is 63.5 cm³/mol. The lowest BCUT2D eigenvalue weighted by Crippen LogP contribution is -2.53. The third-order valence-electron chi connectivity index (χ3n) is 3.07. The second-order valence-corrected chi connectivity index (χ2v) is 4.53. The molecule has 3 nitrogen and oxygen atoms in total. The summed E-state index contributed by atoms with van der Waals surface area (Å²) >= 11 is 0. The Kier molecular flexibility index (Phi) is 3.59. The van der Waals surface area contributed by atoms with Crippen LogP contribution >= 0.6 is 0 Å². The Bertz CT molecular complexity index is 328. The standard InChI is InChI=1S/C13H19NO2/c1-11-2-4-12(5-3-11)8-13(10-15)9-14-6-7-16-13/h2-5,14-15H,6-10H2,1H3/t13-/m0/s1. The second kappa shape index (κ2) is 4.95. The van der Waals surface area contributed by atoms with Crippen molar-refractivity contribution in [2.75, 3.05) is 26.3 Å². The number of hydrogen-bond donors (Lipinski definition) is 2. The lowest BCUT2D eigenvalue weighted by atomic mass is 9.93. The van der Waals surface area contributed by atoms with Crippen LogP contribution < -0.4 is 5.32 Å². The first-order chi connectivity index (χ1) is 7.74. The molecule has 88 valence electrons. The first kappa shape index (κ1) is 11.6. The summed E-state index contributed by atoms with van der Waals surface area (Å²) < 4.78 is 5.74. The quantitative estimate of drug-likeness (QED) is 0.796. The minimum Gasteiger partial charge on any atom is -0.393 e. The maximum atomic E-state index is 9.49. The highest BCUT2D eigenvalue weighted by Crippen LogP contribution is 2.19. The van der Waals surface area contributed by atoms with Gasteiger partial charge in [0.2, 0.25) is 0 Å². The fourth-order valence-corrected chi connectivity index (χ4v) is 2.06. The Labute approximate surface area is 96.4 Å². The van der Waals surface area contributed by atoms with E-state index in [1.54, 1.807) is 0 Å². The maximum Gasteiger partial charge on any atom is 0.108 e. The van der Waals surface area contributed by atoms with Crippen molar-refractivity contribution in [2.24, 2.45) is 0 Å². The number of ether oxygens (including phenoxy) is 1. The first-order valence-electron chi connectivity index (χ1n) is 5.75. The summed E-state index contributed by atoms with van der Waals surface area (Å²) in [5.74, 6) is 0. The van der Waals surface area contributed by atoms with Gasteiger partial charge in [0.1, 0.15) is 5.60 Å². The summed E-state index contributed by atoms with van der Waals surface area (Å²) in [6.45, 7) is 4.40. The molecule has 0 unspecified atom stereocenters. The minimum atomic E-state index is -0.437. The van der Waals surface area contributed by atoms with Crippen LogP contribution in [0.15, 0.2) is 24.3 Å². The summed E-state index contributed by atoms with van der Waals surface area (Å²) in [6.07, 6.45) is 0.761. The van der Waals surface area contributed by atoms with Gasteiger partial charge in [0.05, 0.1) is 13.2 Å². The lowest BCUT2D eigenvalue weighted by molar-refractivity contribution is -0.0954. The van der Waals surface area contributed by atoms with E-state index in [0.29, 0.717) is 6.61 Å². The van der Waals surface area contributed by atoms with E-state index >= 15 is 0 Å². The molecule has 1 aromatic carbocycles. The average molecular weight is 221 g/mol. The second-order valence-electron chi connectivity index (χ2n) is 4.53. The fourth-order valence-electron chi connectivity index (χ4n) is 2.06. The number of aryl methyl sites for hydroxylation is 1. The van der Waals surface area contributed by atoms with E-state index in [1.165, 1.54) is 11.1 Å². The van der Waals surface area contributed by atoms with Crippen LogP contribution in [0.1, 0.15) is 11.1 Å². The molecule has 0 amide bonds. The van der Waals surface area contributed by atoms with Gasteiger partial charge in [-0.25, -0.2) is 0 Å². The van der Waals surface area contributed by atoms with E-state index in [1.807, 2.05) is 0 Å². The molecule has 3 heteroatoms. The largest absolute Gasteiger partial charge is 0.393 e. The van der Waals surface area contributed by atoms with Gasteiger partial charge in [-0.1, -0.05) is 29.8 Å².